The normalized spacial score (nSPS) is 16.1. The number of fused-ring (bicyclic) bond motifs is 1. The molecule has 0 spiro atoms. The van der Waals surface area contributed by atoms with Gasteiger partial charge in [-0.1, -0.05) is 26.0 Å². The van der Waals surface area contributed by atoms with Crippen LogP contribution in [0.15, 0.2) is 36.5 Å². The molecule has 0 aliphatic carbocycles. The van der Waals surface area contributed by atoms with Crippen LogP contribution in [0.3, 0.4) is 0 Å². The molecule has 5 nitrogen and oxygen atoms in total. The summed E-state index contributed by atoms with van der Waals surface area (Å²) in [5, 5.41) is 0.910. The second-order valence-corrected chi connectivity index (χ2v) is 7.59. The van der Waals surface area contributed by atoms with Gasteiger partial charge in [0, 0.05) is 50.4 Å². The number of amides is 1. The smallest absolute Gasteiger partial charge is 0.254 e. The molecule has 5 heteroatoms. The maximum Gasteiger partial charge on any atom is 0.254 e. The van der Waals surface area contributed by atoms with E-state index in [0.717, 1.165) is 49.3 Å². The average molecular weight is 341 g/mol. The summed E-state index contributed by atoms with van der Waals surface area (Å²) in [5.41, 5.74) is 1.59. The van der Waals surface area contributed by atoms with E-state index in [4.69, 9.17) is 4.74 Å². The highest BCUT2D eigenvalue weighted by atomic mass is 16.5. The molecule has 25 heavy (non-hydrogen) atoms. The minimum atomic E-state index is 0.0184. The second-order valence-electron chi connectivity index (χ2n) is 7.59. The van der Waals surface area contributed by atoms with E-state index in [1.807, 2.05) is 42.3 Å². The minimum absolute atomic E-state index is 0.0184. The molecule has 1 aliphatic rings. The Morgan fingerprint density at radius 1 is 1.24 bits per heavy atom. The Kier molecular flexibility index (Phi) is 5.35. The van der Waals surface area contributed by atoms with Crippen molar-refractivity contribution in [2.45, 2.75) is 13.8 Å². The van der Waals surface area contributed by atoms with Gasteiger partial charge in [-0.15, -0.1) is 0 Å². The summed E-state index contributed by atoms with van der Waals surface area (Å²) >= 11 is 0. The van der Waals surface area contributed by atoms with Crippen LogP contribution in [0.2, 0.25) is 0 Å². The van der Waals surface area contributed by atoms with Gasteiger partial charge in [-0.2, -0.15) is 0 Å². The van der Waals surface area contributed by atoms with Crippen molar-refractivity contribution in [2.75, 3.05) is 46.4 Å². The number of hydrogen-bond donors (Lipinski definition) is 0. The molecule has 1 aromatic heterocycles. The predicted octanol–water partition coefficient (Wildman–Crippen LogP) is 2.67. The van der Waals surface area contributed by atoms with Gasteiger partial charge >= 0.3 is 0 Å². The Morgan fingerprint density at radius 3 is 2.76 bits per heavy atom. The molecular weight excluding hydrogens is 314 g/mol. The first-order valence-electron chi connectivity index (χ1n) is 8.86. The van der Waals surface area contributed by atoms with Crippen molar-refractivity contribution in [3.63, 3.8) is 0 Å². The quantitative estimate of drug-likeness (QED) is 0.839. The van der Waals surface area contributed by atoms with Gasteiger partial charge in [-0.3, -0.25) is 14.7 Å². The molecule has 0 atom stereocenters. The zero-order valence-corrected chi connectivity index (χ0v) is 15.4. The highest BCUT2D eigenvalue weighted by molar-refractivity contribution is 6.06. The first-order valence-corrected chi connectivity index (χ1v) is 8.86. The van der Waals surface area contributed by atoms with Crippen LogP contribution in [0.1, 0.15) is 24.2 Å². The molecule has 1 saturated heterocycles. The number of hydrogen-bond acceptors (Lipinski definition) is 4. The highest BCUT2D eigenvalue weighted by Gasteiger charge is 2.27. The Bertz CT molecular complexity index is 733. The lowest BCUT2D eigenvalue weighted by Crippen LogP contribution is -2.46. The number of benzene rings is 1. The molecule has 1 aromatic carbocycles. The van der Waals surface area contributed by atoms with E-state index in [1.54, 1.807) is 6.20 Å². The number of carbonyl (C=O) groups is 1. The molecule has 3 rings (SSSR count). The summed E-state index contributed by atoms with van der Waals surface area (Å²) in [6.07, 6.45) is 1.76. The molecule has 2 aromatic rings. The third-order valence-corrected chi connectivity index (χ3v) is 4.64. The lowest BCUT2D eigenvalue weighted by atomic mass is 9.91. The van der Waals surface area contributed by atoms with Gasteiger partial charge < -0.3 is 9.64 Å². The van der Waals surface area contributed by atoms with Gasteiger partial charge in [-0.25, -0.2) is 0 Å². The van der Waals surface area contributed by atoms with E-state index in [9.17, 15) is 4.79 Å². The first kappa shape index (κ1) is 17.8. The van der Waals surface area contributed by atoms with Crippen molar-refractivity contribution >= 4 is 16.8 Å². The molecule has 2 heterocycles. The monoisotopic (exact) mass is 341 g/mol. The SMILES string of the molecule is CN(CC(C)(C)CN1CCOCC1)C(=O)c1cccc2ncccc12. The summed E-state index contributed by atoms with van der Waals surface area (Å²) in [5.74, 6) is 0.0497. The van der Waals surface area contributed by atoms with Gasteiger partial charge in [0.1, 0.15) is 0 Å². The standard InChI is InChI=1S/C20H27N3O2/c1-20(2,15-23-10-12-25-13-11-23)14-22(3)19(24)17-6-4-8-18-16(17)7-5-9-21-18/h4-9H,10-15H2,1-3H3. The molecule has 0 N–H and O–H groups in total. The first-order chi connectivity index (χ1) is 12.0. The lowest BCUT2D eigenvalue weighted by molar-refractivity contribution is 0.0163. The fourth-order valence-corrected chi connectivity index (χ4v) is 3.62. The topological polar surface area (TPSA) is 45.7 Å². The molecule has 1 fully saturated rings. The number of ether oxygens (including phenoxy) is 1. The highest BCUT2D eigenvalue weighted by Crippen LogP contribution is 2.22. The average Bonchev–Trinajstić information content (AvgIpc) is 2.60. The predicted molar refractivity (Wildman–Crippen MR) is 99.7 cm³/mol. The summed E-state index contributed by atoms with van der Waals surface area (Å²) < 4.78 is 5.42. The van der Waals surface area contributed by atoms with Crippen LogP contribution in [0.4, 0.5) is 0 Å². The number of nitrogens with zero attached hydrogens (tertiary/aromatic N) is 3. The van der Waals surface area contributed by atoms with E-state index in [-0.39, 0.29) is 11.3 Å². The largest absolute Gasteiger partial charge is 0.379 e. The van der Waals surface area contributed by atoms with E-state index < -0.39 is 0 Å². The Morgan fingerprint density at radius 2 is 2.00 bits per heavy atom. The Labute approximate surface area is 149 Å². The van der Waals surface area contributed by atoms with Crippen molar-refractivity contribution in [1.82, 2.24) is 14.8 Å². The van der Waals surface area contributed by atoms with Crippen LogP contribution in [0.5, 0.6) is 0 Å². The van der Waals surface area contributed by atoms with Gasteiger partial charge in [0.2, 0.25) is 0 Å². The zero-order chi connectivity index (χ0) is 17.9. The Hall–Kier alpha value is -1.98. The number of carbonyl (C=O) groups excluding carboxylic acids is 1. The van der Waals surface area contributed by atoms with Gasteiger partial charge in [0.05, 0.1) is 18.7 Å². The van der Waals surface area contributed by atoms with Crippen LogP contribution < -0.4 is 0 Å². The van der Waals surface area contributed by atoms with Crippen molar-refractivity contribution in [3.05, 3.63) is 42.1 Å². The van der Waals surface area contributed by atoms with E-state index in [1.165, 1.54) is 0 Å². The van der Waals surface area contributed by atoms with E-state index >= 15 is 0 Å². The minimum Gasteiger partial charge on any atom is -0.379 e. The molecule has 1 amide bonds. The number of morpholine rings is 1. The fourth-order valence-electron chi connectivity index (χ4n) is 3.62. The third kappa shape index (κ3) is 4.35. The number of pyridine rings is 1. The van der Waals surface area contributed by atoms with Gasteiger partial charge in [0.15, 0.2) is 0 Å². The van der Waals surface area contributed by atoms with Crippen molar-refractivity contribution in [2.24, 2.45) is 5.41 Å². The maximum absolute atomic E-state index is 13.0. The van der Waals surface area contributed by atoms with E-state index in [2.05, 4.69) is 23.7 Å². The van der Waals surface area contributed by atoms with Crippen molar-refractivity contribution in [3.8, 4) is 0 Å². The number of rotatable bonds is 5. The zero-order valence-electron chi connectivity index (χ0n) is 15.4. The molecular formula is C20H27N3O2. The summed E-state index contributed by atoms with van der Waals surface area (Å²) in [6, 6.07) is 9.56. The second kappa shape index (κ2) is 7.50. The van der Waals surface area contributed by atoms with Gasteiger partial charge in [0.25, 0.3) is 5.91 Å². The lowest BCUT2D eigenvalue weighted by Gasteiger charge is -2.37. The number of aromatic nitrogens is 1. The molecule has 0 bridgehead atoms. The van der Waals surface area contributed by atoms with Crippen LogP contribution >= 0.6 is 0 Å². The molecule has 134 valence electrons. The fraction of sp³-hybridized carbons (Fsp3) is 0.500. The summed E-state index contributed by atoms with van der Waals surface area (Å²) in [4.78, 5) is 21.6. The van der Waals surface area contributed by atoms with E-state index in [0.29, 0.717) is 6.54 Å². The maximum atomic E-state index is 13.0. The molecule has 0 unspecified atom stereocenters. The van der Waals surface area contributed by atoms with Crippen LogP contribution in [0, 0.1) is 5.41 Å². The molecule has 0 saturated carbocycles. The van der Waals surface area contributed by atoms with Gasteiger partial charge in [-0.05, 0) is 23.6 Å². The Balaban J connectivity index is 1.71. The van der Waals surface area contributed by atoms with Crippen molar-refractivity contribution in [1.29, 1.82) is 0 Å². The molecule has 1 aliphatic heterocycles. The molecule has 0 radical (unpaired) electrons. The summed E-state index contributed by atoms with van der Waals surface area (Å²) in [6.45, 7) is 9.65. The van der Waals surface area contributed by atoms with Crippen LogP contribution in [0.25, 0.3) is 10.9 Å². The third-order valence-electron chi connectivity index (χ3n) is 4.64. The van der Waals surface area contributed by atoms with Crippen LogP contribution in [-0.4, -0.2) is 67.1 Å². The van der Waals surface area contributed by atoms with Crippen LogP contribution in [-0.2, 0) is 4.74 Å². The van der Waals surface area contributed by atoms with Crippen molar-refractivity contribution < 1.29 is 9.53 Å². The summed E-state index contributed by atoms with van der Waals surface area (Å²) in [7, 11) is 1.89.